The van der Waals surface area contributed by atoms with Crippen LogP contribution >= 0.6 is 11.3 Å². The zero-order valence-electron chi connectivity index (χ0n) is 12.4. The lowest BCUT2D eigenvalue weighted by Crippen LogP contribution is -2.51. The van der Waals surface area contributed by atoms with E-state index in [0.29, 0.717) is 18.0 Å². The third-order valence-corrected chi connectivity index (χ3v) is 4.78. The molecule has 1 saturated heterocycles. The van der Waals surface area contributed by atoms with Crippen LogP contribution in [0.3, 0.4) is 0 Å². The molecule has 0 aliphatic carbocycles. The number of thiophene rings is 1. The van der Waals surface area contributed by atoms with Crippen LogP contribution in [0.4, 0.5) is 0 Å². The first kappa shape index (κ1) is 16.0. The van der Waals surface area contributed by atoms with Crippen molar-refractivity contribution in [1.29, 1.82) is 0 Å². The van der Waals surface area contributed by atoms with Gasteiger partial charge in [-0.05, 0) is 38.1 Å². The Balaban J connectivity index is 1.91. The summed E-state index contributed by atoms with van der Waals surface area (Å²) in [7, 11) is 0. The lowest BCUT2D eigenvalue weighted by atomic mass is 9.93. The van der Waals surface area contributed by atoms with Gasteiger partial charge in [-0.2, -0.15) is 0 Å². The van der Waals surface area contributed by atoms with Crippen LogP contribution in [0.25, 0.3) is 0 Å². The highest BCUT2D eigenvalue weighted by Crippen LogP contribution is 2.20. The van der Waals surface area contributed by atoms with Crippen LogP contribution < -0.4 is 5.32 Å². The van der Waals surface area contributed by atoms with Crippen LogP contribution in [0.15, 0.2) is 17.5 Å². The Morgan fingerprint density at radius 1 is 1.48 bits per heavy atom. The van der Waals surface area contributed by atoms with Gasteiger partial charge in [-0.1, -0.05) is 6.07 Å². The third kappa shape index (κ3) is 4.04. The number of rotatable bonds is 4. The number of nitrogens with zero attached hydrogens (tertiary/aromatic N) is 1. The van der Waals surface area contributed by atoms with E-state index < -0.39 is 12.1 Å². The quantitative estimate of drug-likeness (QED) is 0.885. The molecular formula is C15H22N2O3S. The monoisotopic (exact) mass is 310 g/mol. The summed E-state index contributed by atoms with van der Waals surface area (Å²) in [6, 6.07) is 3.00. The number of aliphatic hydroxyl groups excluding tert-OH is 1. The zero-order valence-corrected chi connectivity index (χ0v) is 13.2. The number of carbonyl (C=O) groups excluding carboxylic acids is 2. The molecule has 1 aliphatic heterocycles. The van der Waals surface area contributed by atoms with Gasteiger partial charge in [0.2, 0.25) is 5.91 Å². The van der Waals surface area contributed by atoms with E-state index in [1.807, 2.05) is 11.4 Å². The van der Waals surface area contributed by atoms with E-state index in [9.17, 15) is 14.7 Å². The van der Waals surface area contributed by atoms with Gasteiger partial charge in [0.05, 0.1) is 11.0 Å². The minimum atomic E-state index is -0.549. The summed E-state index contributed by atoms with van der Waals surface area (Å²) in [5.41, 5.74) is 0. The number of aliphatic hydroxyl groups is 1. The Bertz CT molecular complexity index is 487. The highest BCUT2D eigenvalue weighted by atomic mass is 32.1. The van der Waals surface area contributed by atoms with Crippen molar-refractivity contribution in [2.45, 2.75) is 38.8 Å². The van der Waals surface area contributed by atoms with Crippen molar-refractivity contribution in [2.24, 2.45) is 5.92 Å². The van der Waals surface area contributed by atoms with Crippen LogP contribution in [0, 0.1) is 5.92 Å². The molecule has 0 radical (unpaired) electrons. The fourth-order valence-electron chi connectivity index (χ4n) is 2.62. The Morgan fingerprint density at radius 3 is 2.86 bits per heavy atom. The SMILES string of the molecule is CC(NC(=O)c1cccs1)C(=O)N1CCCC(C(C)O)C1. The van der Waals surface area contributed by atoms with Crippen LogP contribution in [-0.2, 0) is 4.79 Å². The Morgan fingerprint density at radius 2 is 2.24 bits per heavy atom. The van der Waals surface area contributed by atoms with Gasteiger partial charge >= 0.3 is 0 Å². The van der Waals surface area contributed by atoms with Gasteiger partial charge in [0.15, 0.2) is 0 Å². The molecule has 116 valence electrons. The van der Waals surface area contributed by atoms with Crippen LogP contribution in [0.5, 0.6) is 0 Å². The Hall–Kier alpha value is -1.40. The van der Waals surface area contributed by atoms with Crippen LogP contribution in [-0.4, -0.2) is 47.1 Å². The number of nitrogens with one attached hydrogen (secondary N) is 1. The predicted molar refractivity (Wildman–Crippen MR) is 82.2 cm³/mol. The van der Waals surface area contributed by atoms with Crippen LogP contribution in [0.2, 0.25) is 0 Å². The molecule has 1 aliphatic rings. The maximum Gasteiger partial charge on any atom is 0.261 e. The van der Waals surface area contributed by atoms with E-state index in [1.54, 1.807) is 24.8 Å². The Labute approximate surface area is 129 Å². The summed E-state index contributed by atoms with van der Waals surface area (Å²) in [6.45, 7) is 4.73. The molecule has 3 unspecified atom stereocenters. The van der Waals surface area contributed by atoms with E-state index in [1.165, 1.54) is 11.3 Å². The van der Waals surface area contributed by atoms with Crippen molar-refractivity contribution in [3.05, 3.63) is 22.4 Å². The largest absolute Gasteiger partial charge is 0.393 e. The summed E-state index contributed by atoms with van der Waals surface area (Å²) >= 11 is 1.35. The van der Waals surface area contributed by atoms with Gasteiger partial charge < -0.3 is 15.3 Å². The first-order valence-corrected chi connectivity index (χ1v) is 8.18. The second kappa shape index (κ2) is 7.04. The topological polar surface area (TPSA) is 69.6 Å². The molecule has 21 heavy (non-hydrogen) atoms. The molecule has 2 amide bonds. The molecule has 2 N–H and O–H groups in total. The van der Waals surface area contributed by atoms with Crippen molar-refractivity contribution >= 4 is 23.2 Å². The fourth-order valence-corrected chi connectivity index (χ4v) is 3.24. The van der Waals surface area contributed by atoms with Gasteiger partial charge in [-0.15, -0.1) is 11.3 Å². The van der Waals surface area contributed by atoms with Gasteiger partial charge in [0, 0.05) is 19.0 Å². The summed E-state index contributed by atoms with van der Waals surface area (Å²) in [6.07, 6.45) is 1.43. The number of amides is 2. The summed E-state index contributed by atoms with van der Waals surface area (Å²) in [5, 5.41) is 14.3. The van der Waals surface area contributed by atoms with Crippen LogP contribution in [0.1, 0.15) is 36.4 Å². The summed E-state index contributed by atoms with van der Waals surface area (Å²) < 4.78 is 0. The third-order valence-electron chi connectivity index (χ3n) is 3.91. The lowest BCUT2D eigenvalue weighted by molar-refractivity contribution is -0.135. The lowest BCUT2D eigenvalue weighted by Gasteiger charge is -2.35. The van der Waals surface area contributed by atoms with E-state index in [2.05, 4.69) is 5.32 Å². The molecule has 3 atom stereocenters. The van der Waals surface area contributed by atoms with Gasteiger partial charge in [-0.3, -0.25) is 9.59 Å². The molecule has 6 heteroatoms. The van der Waals surface area contributed by atoms with E-state index in [-0.39, 0.29) is 17.7 Å². The molecule has 1 aromatic heterocycles. The van der Waals surface area contributed by atoms with Crippen molar-refractivity contribution in [1.82, 2.24) is 10.2 Å². The van der Waals surface area contributed by atoms with E-state index in [4.69, 9.17) is 0 Å². The number of hydrogen-bond donors (Lipinski definition) is 2. The first-order valence-electron chi connectivity index (χ1n) is 7.30. The smallest absolute Gasteiger partial charge is 0.261 e. The Kier molecular flexibility index (Phi) is 5.36. The summed E-state index contributed by atoms with van der Waals surface area (Å²) in [4.78, 5) is 26.7. The maximum atomic E-state index is 12.4. The minimum Gasteiger partial charge on any atom is -0.393 e. The number of likely N-dealkylation sites (tertiary alicyclic amines) is 1. The standard InChI is InChI=1S/C15H22N2O3S/c1-10(16-14(19)13-6-4-8-21-13)15(20)17-7-3-5-12(9-17)11(2)18/h4,6,8,10-12,18H,3,5,7,9H2,1-2H3,(H,16,19). The maximum absolute atomic E-state index is 12.4. The zero-order chi connectivity index (χ0) is 15.4. The number of hydrogen-bond acceptors (Lipinski definition) is 4. The van der Waals surface area contributed by atoms with Crippen molar-refractivity contribution in [2.75, 3.05) is 13.1 Å². The minimum absolute atomic E-state index is 0.0785. The molecule has 0 bridgehead atoms. The highest BCUT2D eigenvalue weighted by Gasteiger charge is 2.29. The molecule has 1 aromatic rings. The molecule has 2 heterocycles. The molecule has 1 fully saturated rings. The predicted octanol–water partition coefficient (Wildman–Crippen LogP) is 1.49. The number of carbonyl (C=O) groups is 2. The van der Waals surface area contributed by atoms with E-state index >= 15 is 0 Å². The number of piperidine rings is 1. The normalized spacial score (nSPS) is 21.7. The molecule has 0 spiro atoms. The first-order chi connectivity index (χ1) is 9.99. The average molecular weight is 310 g/mol. The van der Waals surface area contributed by atoms with Crippen molar-refractivity contribution in [3.8, 4) is 0 Å². The second-order valence-corrected chi connectivity index (χ2v) is 6.55. The molecule has 0 aromatic carbocycles. The second-order valence-electron chi connectivity index (χ2n) is 5.60. The molecule has 2 rings (SSSR count). The molecular weight excluding hydrogens is 288 g/mol. The van der Waals surface area contributed by atoms with Crippen molar-refractivity contribution in [3.63, 3.8) is 0 Å². The van der Waals surface area contributed by atoms with Gasteiger partial charge in [0.1, 0.15) is 6.04 Å². The van der Waals surface area contributed by atoms with E-state index in [0.717, 1.165) is 12.8 Å². The molecule has 5 nitrogen and oxygen atoms in total. The van der Waals surface area contributed by atoms with Gasteiger partial charge in [0.25, 0.3) is 5.91 Å². The van der Waals surface area contributed by atoms with Crippen molar-refractivity contribution < 1.29 is 14.7 Å². The summed E-state index contributed by atoms with van der Waals surface area (Å²) in [5.74, 6) is -0.164. The molecule has 0 saturated carbocycles. The highest BCUT2D eigenvalue weighted by molar-refractivity contribution is 7.12. The van der Waals surface area contributed by atoms with Gasteiger partial charge in [-0.25, -0.2) is 0 Å². The fraction of sp³-hybridized carbons (Fsp3) is 0.600. The average Bonchev–Trinajstić information content (AvgIpc) is 3.00.